The molecule has 1 nitrogen and oxygen atoms in total. The van der Waals surface area contributed by atoms with Crippen LogP contribution in [0, 0.1) is 0 Å². The standard InChI is InChI=1S/C8H4Cl3NS/c9-4-1-2-6-5(3-4)12-8(13-6)7(10)11/h1-3,7H. The zero-order chi connectivity index (χ0) is 9.42. The van der Waals surface area contributed by atoms with E-state index in [-0.39, 0.29) is 0 Å². The van der Waals surface area contributed by atoms with Crippen molar-refractivity contribution in [1.82, 2.24) is 4.98 Å². The average Bonchev–Trinajstić information content (AvgIpc) is 2.46. The molecule has 0 saturated heterocycles. The van der Waals surface area contributed by atoms with E-state index in [4.69, 9.17) is 34.8 Å². The van der Waals surface area contributed by atoms with Gasteiger partial charge in [-0.25, -0.2) is 4.98 Å². The maximum Gasteiger partial charge on any atom is 0.159 e. The highest BCUT2D eigenvalue weighted by Gasteiger charge is 2.10. The molecule has 1 heterocycles. The quantitative estimate of drug-likeness (QED) is 0.684. The molecular weight excluding hydrogens is 249 g/mol. The van der Waals surface area contributed by atoms with Gasteiger partial charge in [0.2, 0.25) is 0 Å². The largest absolute Gasteiger partial charge is 0.238 e. The fourth-order valence-electron chi connectivity index (χ4n) is 1.01. The monoisotopic (exact) mass is 251 g/mol. The van der Waals surface area contributed by atoms with Gasteiger partial charge in [-0.2, -0.15) is 0 Å². The van der Waals surface area contributed by atoms with Crippen LogP contribution in [-0.4, -0.2) is 4.98 Å². The second-order valence-electron chi connectivity index (χ2n) is 2.46. The molecule has 13 heavy (non-hydrogen) atoms. The summed E-state index contributed by atoms with van der Waals surface area (Å²) in [7, 11) is 0. The van der Waals surface area contributed by atoms with Crippen molar-refractivity contribution < 1.29 is 0 Å². The number of nitrogens with zero attached hydrogens (tertiary/aromatic N) is 1. The number of rotatable bonds is 1. The Bertz CT molecular complexity index is 438. The molecule has 0 unspecified atom stereocenters. The predicted molar refractivity (Wildman–Crippen MR) is 59.1 cm³/mol. The zero-order valence-corrected chi connectivity index (χ0v) is 9.38. The van der Waals surface area contributed by atoms with E-state index in [1.165, 1.54) is 11.3 Å². The van der Waals surface area contributed by atoms with Crippen LogP contribution < -0.4 is 0 Å². The van der Waals surface area contributed by atoms with E-state index in [0.717, 1.165) is 10.2 Å². The number of hydrogen-bond acceptors (Lipinski definition) is 2. The first-order valence-electron chi connectivity index (χ1n) is 3.51. The summed E-state index contributed by atoms with van der Waals surface area (Å²) in [6.07, 6.45) is 0. The second kappa shape index (κ2) is 3.62. The van der Waals surface area contributed by atoms with Crippen LogP contribution in [0.15, 0.2) is 18.2 Å². The van der Waals surface area contributed by atoms with E-state index in [2.05, 4.69) is 4.98 Å². The molecule has 1 aromatic heterocycles. The predicted octanol–water partition coefficient (Wildman–Crippen LogP) is 4.43. The first-order valence-corrected chi connectivity index (χ1v) is 5.57. The molecule has 0 bridgehead atoms. The SMILES string of the molecule is Clc1ccc2sc(C(Cl)Cl)nc2c1. The molecule has 0 fully saturated rings. The second-order valence-corrected chi connectivity index (χ2v) is 5.06. The molecule has 68 valence electrons. The molecule has 0 aliphatic rings. The zero-order valence-electron chi connectivity index (χ0n) is 6.30. The summed E-state index contributed by atoms with van der Waals surface area (Å²) in [5.74, 6) is 0. The minimum absolute atomic E-state index is 0.559. The molecule has 0 amide bonds. The van der Waals surface area contributed by atoms with Crippen molar-refractivity contribution in [3.63, 3.8) is 0 Å². The Balaban J connectivity index is 2.62. The molecular formula is C8H4Cl3NS. The fraction of sp³-hybridized carbons (Fsp3) is 0.125. The van der Waals surface area contributed by atoms with Gasteiger partial charge >= 0.3 is 0 Å². The van der Waals surface area contributed by atoms with E-state index in [1.54, 1.807) is 6.07 Å². The van der Waals surface area contributed by atoms with Crippen molar-refractivity contribution in [2.75, 3.05) is 0 Å². The smallest absolute Gasteiger partial charge is 0.159 e. The summed E-state index contributed by atoms with van der Waals surface area (Å²) in [6.45, 7) is 0. The number of benzene rings is 1. The fourth-order valence-corrected chi connectivity index (χ4v) is 2.35. The number of alkyl halides is 2. The molecule has 0 spiro atoms. The lowest BCUT2D eigenvalue weighted by atomic mass is 10.3. The van der Waals surface area contributed by atoms with E-state index < -0.39 is 4.84 Å². The maximum absolute atomic E-state index is 5.81. The van der Waals surface area contributed by atoms with Crippen LogP contribution in [0.1, 0.15) is 9.84 Å². The van der Waals surface area contributed by atoms with Gasteiger partial charge < -0.3 is 0 Å². The van der Waals surface area contributed by atoms with Gasteiger partial charge in [0, 0.05) is 5.02 Å². The van der Waals surface area contributed by atoms with Crippen molar-refractivity contribution in [1.29, 1.82) is 0 Å². The molecule has 0 aliphatic heterocycles. The number of aromatic nitrogens is 1. The van der Waals surface area contributed by atoms with Crippen LogP contribution in [0.2, 0.25) is 5.02 Å². The minimum atomic E-state index is -0.559. The van der Waals surface area contributed by atoms with Gasteiger partial charge in [0.25, 0.3) is 0 Å². The summed E-state index contributed by atoms with van der Waals surface area (Å²) < 4.78 is 1.05. The minimum Gasteiger partial charge on any atom is -0.238 e. The number of halogens is 3. The Morgan fingerprint density at radius 1 is 1.31 bits per heavy atom. The van der Waals surface area contributed by atoms with Crippen LogP contribution in [-0.2, 0) is 0 Å². The Hall–Kier alpha value is -0.0200. The summed E-state index contributed by atoms with van der Waals surface area (Å²) in [5.41, 5.74) is 0.846. The van der Waals surface area contributed by atoms with Gasteiger partial charge in [-0.1, -0.05) is 34.8 Å². The van der Waals surface area contributed by atoms with Crippen LogP contribution in [0.25, 0.3) is 10.2 Å². The summed E-state index contributed by atoms with van der Waals surface area (Å²) in [5, 5.41) is 1.38. The van der Waals surface area contributed by atoms with Gasteiger partial charge in [0.15, 0.2) is 4.84 Å². The summed E-state index contributed by atoms with van der Waals surface area (Å²) in [4.78, 5) is 3.68. The van der Waals surface area contributed by atoms with Crippen molar-refractivity contribution in [3.05, 3.63) is 28.2 Å². The summed E-state index contributed by atoms with van der Waals surface area (Å²) >= 11 is 18.7. The Labute approximate surface area is 94.2 Å². The number of thiazole rings is 1. The summed E-state index contributed by atoms with van der Waals surface area (Å²) in [6, 6.07) is 5.53. The van der Waals surface area contributed by atoms with Crippen molar-refractivity contribution >= 4 is 56.4 Å². The lowest BCUT2D eigenvalue weighted by Crippen LogP contribution is -1.76. The van der Waals surface area contributed by atoms with E-state index in [9.17, 15) is 0 Å². The highest BCUT2D eigenvalue weighted by Crippen LogP contribution is 2.33. The topological polar surface area (TPSA) is 12.9 Å². The van der Waals surface area contributed by atoms with Gasteiger partial charge in [-0.3, -0.25) is 0 Å². The molecule has 0 atom stereocenters. The normalized spacial score (nSPS) is 11.4. The molecule has 5 heteroatoms. The van der Waals surface area contributed by atoms with E-state index in [1.807, 2.05) is 12.1 Å². The first-order chi connectivity index (χ1) is 6.16. The number of hydrogen-bond donors (Lipinski definition) is 0. The first kappa shape index (κ1) is 9.53. The van der Waals surface area contributed by atoms with Crippen LogP contribution >= 0.6 is 46.1 Å². The Morgan fingerprint density at radius 3 is 2.77 bits per heavy atom. The number of fused-ring (bicyclic) bond motifs is 1. The highest BCUT2D eigenvalue weighted by atomic mass is 35.5. The van der Waals surface area contributed by atoms with E-state index >= 15 is 0 Å². The van der Waals surface area contributed by atoms with E-state index in [0.29, 0.717) is 10.0 Å². The highest BCUT2D eigenvalue weighted by molar-refractivity contribution is 7.19. The van der Waals surface area contributed by atoms with Gasteiger partial charge in [-0.05, 0) is 18.2 Å². The molecule has 0 saturated carbocycles. The third-order valence-electron chi connectivity index (χ3n) is 1.55. The third kappa shape index (κ3) is 1.91. The Morgan fingerprint density at radius 2 is 2.08 bits per heavy atom. The average molecular weight is 253 g/mol. The molecule has 1 aromatic carbocycles. The molecule has 0 aliphatic carbocycles. The van der Waals surface area contributed by atoms with Crippen molar-refractivity contribution in [3.8, 4) is 0 Å². The molecule has 0 radical (unpaired) electrons. The van der Waals surface area contributed by atoms with Gasteiger partial charge in [0.1, 0.15) is 5.01 Å². The van der Waals surface area contributed by atoms with Crippen LogP contribution in [0.5, 0.6) is 0 Å². The molecule has 0 N–H and O–H groups in total. The maximum atomic E-state index is 5.81. The van der Waals surface area contributed by atoms with Crippen LogP contribution in [0.4, 0.5) is 0 Å². The Kier molecular flexibility index (Phi) is 2.65. The van der Waals surface area contributed by atoms with Crippen molar-refractivity contribution in [2.45, 2.75) is 4.84 Å². The molecule has 2 rings (SSSR count). The van der Waals surface area contributed by atoms with Gasteiger partial charge in [0.05, 0.1) is 10.2 Å². The molecule has 2 aromatic rings. The lowest BCUT2D eigenvalue weighted by molar-refractivity contribution is 1.27. The third-order valence-corrected chi connectivity index (χ3v) is 3.56. The van der Waals surface area contributed by atoms with Crippen LogP contribution in [0.3, 0.4) is 0 Å². The van der Waals surface area contributed by atoms with Gasteiger partial charge in [-0.15, -0.1) is 11.3 Å². The lowest BCUT2D eigenvalue weighted by Gasteiger charge is -1.89. The van der Waals surface area contributed by atoms with Crippen molar-refractivity contribution in [2.24, 2.45) is 0 Å².